The molecule has 2 aliphatic carbocycles. The lowest BCUT2D eigenvalue weighted by molar-refractivity contribution is 0.483. The number of amidine groups is 1. The van der Waals surface area contributed by atoms with E-state index >= 15 is 0 Å². The highest BCUT2D eigenvalue weighted by Gasteiger charge is 2.42. The third-order valence-corrected chi connectivity index (χ3v) is 4.60. The molecule has 1 aliphatic heterocycles. The van der Waals surface area contributed by atoms with Gasteiger partial charge in [0.25, 0.3) is 0 Å². The number of rotatable bonds is 3. The maximum Gasteiger partial charge on any atom is 0.157 e. The number of hydrogen-bond donors (Lipinski definition) is 1. The predicted octanol–water partition coefficient (Wildman–Crippen LogP) is 2.65. The van der Waals surface area contributed by atoms with Crippen LogP contribution < -0.4 is 5.32 Å². The van der Waals surface area contributed by atoms with Crippen LogP contribution in [0.15, 0.2) is 4.99 Å². The average molecular weight is 224 g/mol. The number of hydrogen-bond acceptors (Lipinski definition) is 3. The Hall–Kier alpha value is -0.180. The van der Waals surface area contributed by atoms with Crippen LogP contribution in [0.4, 0.5) is 0 Å². The zero-order valence-corrected chi connectivity index (χ0v) is 10.2. The van der Waals surface area contributed by atoms with Gasteiger partial charge >= 0.3 is 0 Å². The summed E-state index contributed by atoms with van der Waals surface area (Å²) >= 11 is 1.92. The SMILES string of the molecule is CC1CCSC(NC(C2CC2)C2CC2)=N1. The van der Waals surface area contributed by atoms with E-state index in [0.717, 1.165) is 17.9 Å². The molecule has 1 heterocycles. The lowest BCUT2D eigenvalue weighted by Crippen LogP contribution is -2.38. The van der Waals surface area contributed by atoms with E-state index in [9.17, 15) is 0 Å². The molecular weight excluding hydrogens is 204 g/mol. The average Bonchev–Trinajstić information content (AvgIpc) is 3.07. The third-order valence-electron chi connectivity index (χ3n) is 3.66. The number of aliphatic imine (C=N–C) groups is 1. The first kappa shape index (κ1) is 10.0. The van der Waals surface area contributed by atoms with Gasteiger partial charge in [-0.1, -0.05) is 11.8 Å². The predicted molar refractivity (Wildman–Crippen MR) is 66.3 cm³/mol. The summed E-state index contributed by atoms with van der Waals surface area (Å²) in [5.41, 5.74) is 0. The van der Waals surface area contributed by atoms with Crippen LogP contribution in [-0.2, 0) is 0 Å². The first-order valence-corrected chi connectivity index (χ1v) is 7.28. The Kier molecular flexibility index (Phi) is 2.67. The molecule has 2 saturated carbocycles. The fourth-order valence-electron chi connectivity index (χ4n) is 2.38. The van der Waals surface area contributed by atoms with E-state index in [1.807, 2.05) is 11.8 Å². The van der Waals surface area contributed by atoms with Gasteiger partial charge in [-0.3, -0.25) is 4.99 Å². The van der Waals surface area contributed by atoms with E-state index in [1.165, 1.54) is 43.0 Å². The Morgan fingerprint density at radius 3 is 2.40 bits per heavy atom. The van der Waals surface area contributed by atoms with Crippen LogP contribution in [0.2, 0.25) is 0 Å². The second-order valence-corrected chi connectivity index (χ2v) is 6.35. The van der Waals surface area contributed by atoms with Gasteiger partial charge < -0.3 is 5.32 Å². The normalized spacial score (nSPS) is 31.6. The molecule has 2 fully saturated rings. The Bertz CT molecular complexity index is 257. The zero-order chi connectivity index (χ0) is 10.3. The molecule has 0 aromatic rings. The van der Waals surface area contributed by atoms with E-state index in [1.54, 1.807) is 0 Å². The van der Waals surface area contributed by atoms with Gasteiger partial charge in [0.2, 0.25) is 0 Å². The van der Waals surface area contributed by atoms with Gasteiger partial charge in [-0.15, -0.1) is 0 Å². The first-order valence-electron chi connectivity index (χ1n) is 6.30. The quantitative estimate of drug-likeness (QED) is 0.797. The molecule has 3 aliphatic rings. The van der Waals surface area contributed by atoms with Gasteiger partial charge in [-0.2, -0.15) is 0 Å². The molecule has 1 N–H and O–H groups in total. The van der Waals surface area contributed by atoms with Crippen molar-refractivity contribution in [3.8, 4) is 0 Å². The number of thioether (sulfide) groups is 1. The van der Waals surface area contributed by atoms with Gasteiger partial charge in [0.05, 0.1) is 6.04 Å². The van der Waals surface area contributed by atoms with E-state index in [0.29, 0.717) is 6.04 Å². The Morgan fingerprint density at radius 2 is 1.87 bits per heavy atom. The second-order valence-electron chi connectivity index (χ2n) is 5.27. The van der Waals surface area contributed by atoms with Gasteiger partial charge in [-0.05, 0) is 50.9 Å². The topological polar surface area (TPSA) is 24.4 Å². The summed E-state index contributed by atoms with van der Waals surface area (Å²) in [6.07, 6.45) is 7.03. The van der Waals surface area contributed by atoms with Gasteiger partial charge in [-0.25, -0.2) is 0 Å². The molecule has 0 amide bonds. The second kappa shape index (κ2) is 4.00. The van der Waals surface area contributed by atoms with Crippen molar-refractivity contribution in [1.29, 1.82) is 0 Å². The Morgan fingerprint density at radius 1 is 1.20 bits per heavy atom. The van der Waals surface area contributed by atoms with Gasteiger partial charge in [0.15, 0.2) is 5.17 Å². The fourth-order valence-corrected chi connectivity index (χ4v) is 3.51. The first-order chi connectivity index (χ1) is 7.33. The van der Waals surface area contributed by atoms with Crippen LogP contribution in [-0.4, -0.2) is 23.0 Å². The molecule has 0 spiro atoms. The van der Waals surface area contributed by atoms with Crippen molar-refractivity contribution in [2.24, 2.45) is 16.8 Å². The molecule has 3 heteroatoms. The zero-order valence-electron chi connectivity index (χ0n) is 9.41. The summed E-state index contributed by atoms with van der Waals surface area (Å²) in [5.74, 6) is 3.19. The smallest absolute Gasteiger partial charge is 0.157 e. The molecule has 0 aromatic heterocycles. The molecule has 0 aromatic carbocycles. The standard InChI is InChI=1S/C12H20N2S/c1-8-6-7-15-12(13-8)14-11(9-2-3-9)10-4-5-10/h8-11H,2-7H2,1H3,(H,13,14). The van der Waals surface area contributed by atoms with Crippen molar-refractivity contribution < 1.29 is 0 Å². The largest absolute Gasteiger partial charge is 0.362 e. The summed E-state index contributed by atoms with van der Waals surface area (Å²) in [6.45, 7) is 2.23. The highest BCUT2D eigenvalue weighted by molar-refractivity contribution is 8.13. The summed E-state index contributed by atoms with van der Waals surface area (Å²) in [5, 5.41) is 4.96. The minimum Gasteiger partial charge on any atom is -0.362 e. The van der Waals surface area contributed by atoms with Gasteiger partial charge in [0.1, 0.15) is 0 Å². The van der Waals surface area contributed by atoms with Crippen molar-refractivity contribution in [2.75, 3.05) is 5.75 Å². The highest BCUT2D eigenvalue weighted by atomic mass is 32.2. The monoisotopic (exact) mass is 224 g/mol. The van der Waals surface area contributed by atoms with Crippen LogP contribution >= 0.6 is 11.8 Å². The molecular formula is C12H20N2S. The molecule has 3 rings (SSSR count). The van der Waals surface area contributed by atoms with Crippen LogP contribution in [0, 0.1) is 11.8 Å². The van der Waals surface area contributed by atoms with Crippen LogP contribution in [0.3, 0.4) is 0 Å². The molecule has 0 radical (unpaired) electrons. The van der Waals surface area contributed by atoms with Crippen molar-refractivity contribution in [1.82, 2.24) is 5.32 Å². The maximum atomic E-state index is 4.71. The summed E-state index contributed by atoms with van der Waals surface area (Å²) in [4.78, 5) is 4.71. The van der Waals surface area contributed by atoms with Crippen LogP contribution in [0.5, 0.6) is 0 Å². The summed E-state index contributed by atoms with van der Waals surface area (Å²) in [6, 6.07) is 1.30. The minimum atomic E-state index is 0.535. The van der Waals surface area contributed by atoms with E-state index in [2.05, 4.69) is 12.2 Å². The molecule has 0 saturated heterocycles. The Balaban J connectivity index is 1.61. The Labute approximate surface area is 96.3 Å². The maximum absolute atomic E-state index is 4.71. The summed E-state index contributed by atoms with van der Waals surface area (Å²) in [7, 11) is 0. The van der Waals surface area contributed by atoms with Gasteiger partial charge in [0, 0.05) is 11.8 Å². The van der Waals surface area contributed by atoms with Crippen LogP contribution in [0.25, 0.3) is 0 Å². The van der Waals surface area contributed by atoms with Crippen LogP contribution in [0.1, 0.15) is 39.0 Å². The van der Waals surface area contributed by atoms with E-state index in [4.69, 9.17) is 4.99 Å². The summed E-state index contributed by atoms with van der Waals surface area (Å²) < 4.78 is 0. The lowest BCUT2D eigenvalue weighted by atomic mass is 10.1. The van der Waals surface area contributed by atoms with E-state index < -0.39 is 0 Å². The molecule has 1 atom stereocenters. The molecule has 2 nitrogen and oxygen atoms in total. The molecule has 0 bridgehead atoms. The van der Waals surface area contributed by atoms with Crippen molar-refractivity contribution in [2.45, 2.75) is 51.1 Å². The fraction of sp³-hybridized carbons (Fsp3) is 0.917. The lowest BCUT2D eigenvalue weighted by Gasteiger charge is -2.23. The van der Waals surface area contributed by atoms with Crippen molar-refractivity contribution in [3.05, 3.63) is 0 Å². The van der Waals surface area contributed by atoms with E-state index in [-0.39, 0.29) is 0 Å². The number of nitrogens with zero attached hydrogens (tertiary/aromatic N) is 1. The third kappa shape index (κ3) is 2.49. The number of nitrogens with one attached hydrogen (secondary N) is 1. The van der Waals surface area contributed by atoms with Crippen molar-refractivity contribution >= 4 is 16.9 Å². The molecule has 1 unspecified atom stereocenters. The molecule has 84 valence electrons. The highest BCUT2D eigenvalue weighted by Crippen LogP contribution is 2.44. The minimum absolute atomic E-state index is 0.535. The molecule has 15 heavy (non-hydrogen) atoms. The van der Waals surface area contributed by atoms with Crippen molar-refractivity contribution in [3.63, 3.8) is 0 Å².